The first kappa shape index (κ1) is 26.1. The third-order valence-corrected chi connectivity index (χ3v) is 7.91. The van der Waals surface area contributed by atoms with Crippen LogP contribution < -0.4 is 5.32 Å². The first-order valence-electron chi connectivity index (χ1n) is 10.6. The Kier molecular flexibility index (Phi) is 7.09. The molecule has 1 amide bonds. The summed E-state index contributed by atoms with van der Waals surface area (Å²) >= 11 is 6.28. The number of rotatable bonds is 5. The summed E-state index contributed by atoms with van der Waals surface area (Å²) in [5.41, 5.74) is 0.998. The van der Waals surface area contributed by atoms with E-state index in [4.69, 9.17) is 11.6 Å². The SMILES string of the molecule is O=C(Cc1ccc(C(F)(F)F)cc1)Nc1c(Cl)ccc2c1CCN(S(=O)(=O)c1ccc(F)c(F)c1)C2. The van der Waals surface area contributed by atoms with Crippen molar-refractivity contribution in [3.05, 3.63) is 93.5 Å². The maximum absolute atomic E-state index is 13.6. The molecule has 190 valence electrons. The number of halogens is 6. The van der Waals surface area contributed by atoms with Gasteiger partial charge >= 0.3 is 6.18 Å². The second-order valence-corrected chi connectivity index (χ2v) is 10.5. The fourth-order valence-corrected chi connectivity index (χ4v) is 5.56. The highest BCUT2D eigenvalue weighted by atomic mass is 35.5. The molecular formula is C24H18ClF5N2O3S. The minimum atomic E-state index is -4.48. The summed E-state index contributed by atoms with van der Waals surface area (Å²) in [6.07, 6.45) is -4.51. The van der Waals surface area contributed by atoms with Gasteiger partial charge in [-0.3, -0.25) is 4.79 Å². The summed E-state index contributed by atoms with van der Waals surface area (Å²) in [5.74, 6) is -2.95. The maximum atomic E-state index is 13.6. The van der Waals surface area contributed by atoms with E-state index in [2.05, 4.69) is 5.32 Å². The fourth-order valence-electron chi connectivity index (χ4n) is 3.91. The number of benzene rings is 3. The van der Waals surface area contributed by atoms with Crippen LogP contribution in [0.15, 0.2) is 59.5 Å². The quantitative estimate of drug-likeness (QED) is 0.427. The molecule has 0 unspecified atom stereocenters. The molecule has 0 bridgehead atoms. The monoisotopic (exact) mass is 544 g/mol. The standard InChI is InChI=1S/C24H18ClF5N2O3S/c25-19-7-3-15-13-32(36(34,35)17-6-8-20(26)21(27)12-17)10-9-18(15)23(19)31-22(33)11-14-1-4-16(5-2-14)24(28,29)30/h1-8,12H,9-11,13H2,(H,31,33). The lowest BCUT2D eigenvalue weighted by Gasteiger charge is -2.30. The van der Waals surface area contributed by atoms with Gasteiger partial charge in [0, 0.05) is 13.1 Å². The van der Waals surface area contributed by atoms with Gasteiger partial charge in [-0.15, -0.1) is 0 Å². The molecule has 0 spiro atoms. The molecule has 0 atom stereocenters. The molecule has 1 aliphatic rings. The molecule has 3 aromatic carbocycles. The number of nitrogens with one attached hydrogen (secondary N) is 1. The first-order valence-corrected chi connectivity index (χ1v) is 12.4. The second-order valence-electron chi connectivity index (χ2n) is 8.14. The Morgan fingerprint density at radius 3 is 2.33 bits per heavy atom. The normalized spacial score (nSPS) is 14.4. The highest BCUT2D eigenvalue weighted by molar-refractivity contribution is 7.89. The smallest absolute Gasteiger partial charge is 0.324 e. The third-order valence-electron chi connectivity index (χ3n) is 5.76. The molecule has 1 aliphatic heterocycles. The third kappa shape index (κ3) is 5.37. The Bertz CT molecular complexity index is 1430. The van der Waals surface area contributed by atoms with Gasteiger partial charge in [0.2, 0.25) is 15.9 Å². The van der Waals surface area contributed by atoms with Crippen molar-refractivity contribution in [1.82, 2.24) is 4.31 Å². The van der Waals surface area contributed by atoms with E-state index in [-0.39, 0.29) is 41.5 Å². The molecule has 0 fully saturated rings. The first-order chi connectivity index (χ1) is 16.9. The number of nitrogens with zero attached hydrogens (tertiary/aromatic N) is 1. The van der Waals surface area contributed by atoms with Crippen molar-refractivity contribution in [2.75, 3.05) is 11.9 Å². The summed E-state index contributed by atoms with van der Waals surface area (Å²) in [7, 11) is -4.12. The molecule has 0 radical (unpaired) electrons. The number of fused-ring (bicyclic) bond motifs is 1. The molecule has 1 heterocycles. The molecule has 3 aromatic rings. The number of amides is 1. The summed E-state index contributed by atoms with van der Waals surface area (Å²) in [6.45, 7) is -0.0912. The zero-order chi connectivity index (χ0) is 26.3. The van der Waals surface area contributed by atoms with E-state index in [0.717, 1.165) is 28.6 Å². The number of hydrogen-bond acceptors (Lipinski definition) is 3. The van der Waals surface area contributed by atoms with E-state index in [0.29, 0.717) is 22.8 Å². The molecule has 1 N–H and O–H groups in total. The van der Waals surface area contributed by atoms with E-state index in [1.54, 1.807) is 6.07 Å². The Hall–Kier alpha value is -3.02. The van der Waals surface area contributed by atoms with E-state index >= 15 is 0 Å². The van der Waals surface area contributed by atoms with Gasteiger partial charge in [-0.1, -0.05) is 29.8 Å². The summed E-state index contributed by atoms with van der Waals surface area (Å²) < 4.78 is 92.1. The molecule has 0 aliphatic carbocycles. The molecule has 36 heavy (non-hydrogen) atoms. The van der Waals surface area contributed by atoms with Crippen LogP contribution in [0.3, 0.4) is 0 Å². The highest BCUT2D eigenvalue weighted by Crippen LogP contribution is 2.35. The van der Waals surface area contributed by atoms with Crippen molar-refractivity contribution in [3.63, 3.8) is 0 Å². The minimum Gasteiger partial charge on any atom is -0.324 e. The van der Waals surface area contributed by atoms with Gasteiger partial charge < -0.3 is 5.32 Å². The molecule has 0 saturated carbocycles. The number of hydrogen-bond donors (Lipinski definition) is 1. The van der Waals surface area contributed by atoms with Gasteiger partial charge in [-0.2, -0.15) is 17.5 Å². The van der Waals surface area contributed by atoms with Crippen LogP contribution in [0.1, 0.15) is 22.3 Å². The average Bonchev–Trinajstić information content (AvgIpc) is 2.82. The van der Waals surface area contributed by atoms with Crippen molar-refractivity contribution in [1.29, 1.82) is 0 Å². The van der Waals surface area contributed by atoms with E-state index < -0.39 is 39.3 Å². The summed E-state index contributed by atoms with van der Waals surface area (Å²) in [6, 6.07) is 9.65. The molecule has 12 heteroatoms. The maximum Gasteiger partial charge on any atom is 0.416 e. The lowest BCUT2D eigenvalue weighted by atomic mass is 9.98. The Morgan fingerprint density at radius 2 is 1.69 bits per heavy atom. The average molecular weight is 545 g/mol. The van der Waals surface area contributed by atoms with Crippen LogP contribution in [0.25, 0.3) is 0 Å². The van der Waals surface area contributed by atoms with Gasteiger partial charge in [-0.25, -0.2) is 17.2 Å². The minimum absolute atomic E-state index is 0.00353. The lowest BCUT2D eigenvalue weighted by Crippen LogP contribution is -2.36. The number of carbonyl (C=O) groups is 1. The van der Waals surface area contributed by atoms with E-state index in [1.807, 2.05) is 0 Å². The largest absolute Gasteiger partial charge is 0.416 e. The molecule has 0 saturated heterocycles. The second kappa shape index (κ2) is 9.79. The Labute approximate surface area is 208 Å². The Balaban J connectivity index is 1.52. The van der Waals surface area contributed by atoms with Crippen molar-refractivity contribution < 1.29 is 35.2 Å². The van der Waals surface area contributed by atoms with E-state index in [1.165, 1.54) is 18.2 Å². The zero-order valence-electron chi connectivity index (χ0n) is 18.4. The number of anilines is 1. The van der Waals surface area contributed by atoms with Gasteiger partial charge in [0.25, 0.3) is 0 Å². The van der Waals surface area contributed by atoms with Crippen molar-refractivity contribution in [2.24, 2.45) is 0 Å². The predicted octanol–water partition coefficient (Wildman–Crippen LogP) is 5.57. The van der Waals surface area contributed by atoms with Crippen LogP contribution >= 0.6 is 11.6 Å². The predicted molar refractivity (Wildman–Crippen MR) is 123 cm³/mol. The van der Waals surface area contributed by atoms with E-state index in [9.17, 15) is 35.2 Å². The molecular weight excluding hydrogens is 527 g/mol. The number of sulfonamides is 1. The van der Waals surface area contributed by atoms with Crippen molar-refractivity contribution in [3.8, 4) is 0 Å². The topological polar surface area (TPSA) is 66.5 Å². The fraction of sp³-hybridized carbons (Fsp3) is 0.208. The van der Waals surface area contributed by atoms with Gasteiger partial charge in [0.15, 0.2) is 11.6 Å². The van der Waals surface area contributed by atoms with Crippen LogP contribution in [0.2, 0.25) is 5.02 Å². The van der Waals surface area contributed by atoms with Crippen molar-refractivity contribution >= 4 is 33.2 Å². The lowest BCUT2D eigenvalue weighted by molar-refractivity contribution is -0.137. The summed E-state index contributed by atoms with van der Waals surface area (Å²) in [5, 5.41) is 2.89. The van der Waals surface area contributed by atoms with Crippen molar-refractivity contribution in [2.45, 2.75) is 30.5 Å². The van der Waals surface area contributed by atoms with Gasteiger partial charge in [0.1, 0.15) is 0 Å². The highest BCUT2D eigenvalue weighted by Gasteiger charge is 2.31. The van der Waals surface area contributed by atoms with Crippen LogP contribution in [0.4, 0.5) is 27.6 Å². The summed E-state index contributed by atoms with van der Waals surface area (Å²) in [4.78, 5) is 12.2. The van der Waals surface area contributed by atoms with Crippen LogP contribution in [0.5, 0.6) is 0 Å². The van der Waals surface area contributed by atoms with Crippen LogP contribution in [-0.4, -0.2) is 25.2 Å². The molecule has 0 aromatic heterocycles. The van der Waals surface area contributed by atoms with Crippen LogP contribution in [-0.2, 0) is 40.4 Å². The molecule has 4 rings (SSSR count). The number of alkyl halides is 3. The molecule has 5 nitrogen and oxygen atoms in total. The Morgan fingerprint density at radius 1 is 1.00 bits per heavy atom. The van der Waals surface area contributed by atoms with Gasteiger partial charge in [0.05, 0.1) is 27.6 Å². The zero-order valence-corrected chi connectivity index (χ0v) is 19.9. The van der Waals surface area contributed by atoms with Crippen LogP contribution in [0, 0.1) is 11.6 Å². The number of carbonyl (C=O) groups excluding carboxylic acids is 1. The van der Waals surface area contributed by atoms with Gasteiger partial charge in [-0.05, 0) is 59.5 Å².